The molecule has 0 aromatic heterocycles. The lowest BCUT2D eigenvalue weighted by atomic mass is 9.41. The van der Waals surface area contributed by atoms with E-state index in [9.17, 15) is 24.9 Å². The molecule has 4 saturated carbocycles. The molecule has 0 aliphatic heterocycles. The third-order valence-electron chi connectivity index (χ3n) is 11.1. The first-order chi connectivity index (χ1) is 15.5. The first-order valence-corrected chi connectivity index (χ1v) is 13.3. The Kier molecular flexibility index (Phi) is 8.23. The minimum absolute atomic E-state index is 0. The fourth-order valence-corrected chi connectivity index (χ4v) is 9.61. The SMILES string of the molecule is CNCC(=O)C1C[C@@H](O)CC2C[C@@H](O)C3C(CC[C@@]4(C)C3CC[C@@H]4[C@H](C)CCC(=O)O)[C@]21C.N. The van der Waals surface area contributed by atoms with Gasteiger partial charge in [0.05, 0.1) is 18.8 Å². The number of nitrogens with one attached hydrogen (secondary N) is 1. The highest BCUT2D eigenvalue weighted by Crippen LogP contribution is 2.69. The Morgan fingerprint density at radius 1 is 1.06 bits per heavy atom. The number of carbonyl (C=O) groups excluding carboxylic acids is 1. The minimum atomic E-state index is -0.719. The molecule has 0 radical (unpaired) electrons. The number of aliphatic carboxylic acids is 1. The fourth-order valence-electron chi connectivity index (χ4n) is 9.61. The summed E-state index contributed by atoms with van der Waals surface area (Å²) >= 11 is 0. The van der Waals surface area contributed by atoms with Crippen LogP contribution in [0.25, 0.3) is 0 Å². The first kappa shape index (κ1) is 27.6. The van der Waals surface area contributed by atoms with Gasteiger partial charge in [0, 0.05) is 12.3 Å². The quantitative estimate of drug-likeness (QED) is 0.374. The maximum atomic E-state index is 13.2. The Bertz CT molecular complexity index is 761. The van der Waals surface area contributed by atoms with Crippen LogP contribution in [0.4, 0.5) is 0 Å². The third kappa shape index (κ3) is 4.35. The second-order valence-corrected chi connectivity index (χ2v) is 12.5. The van der Waals surface area contributed by atoms with E-state index in [2.05, 4.69) is 26.1 Å². The number of aliphatic hydroxyl groups is 2. The Hall–Kier alpha value is -1.02. The van der Waals surface area contributed by atoms with Gasteiger partial charge in [-0.05, 0) is 105 Å². The van der Waals surface area contributed by atoms with Crippen LogP contribution in [0.15, 0.2) is 0 Å². The topological polar surface area (TPSA) is 142 Å². The minimum Gasteiger partial charge on any atom is -0.481 e. The summed E-state index contributed by atoms with van der Waals surface area (Å²) in [5.41, 5.74) is -0.0483. The van der Waals surface area contributed by atoms with Crippen molar-refractivity contribution < 1.29 is 24.9 Å². The number of carboxylic acids is 1. The largest absolute Gasteiger partial charge is 0.481 e. The van der Waals surface area contributed by atoms with Crippen LogP contribution < -0.4 is 11.5 Å². The standard InChI is InChI=1S/C27H45NO5.H3N/c1-15(5-8-24(32)33)18-6-7-19-25-20(9-10-26(18,19)2)27(3)16(12-22(25)30)11-17(29)13-21(27)23(31)14-28-4;/h15-22,25,28-30H,5-14H2,1-4H3,(H,32,33);1H3/t15-,16?,17+,18-,19?,20?,21?,22-,25?,26-,27+;/m1./s1. The summed E-state index contributed by atoms with van der Waals surface area (Å²) in [6.45, 7) is 7.26. The molecule has 4 rings (SSSR count). The molecule has 0 saturated heterocycles. The molecule has 0 aromatic carbocycles. The van der Waals surface area contributed by atoms with Crippen molar-refractivity contribution in [2.24, 2.45) is 52.3 Å². The molecule has 0 heterocycles. The van der Waals surface area contributed by atoms with Gasteiger partial charge in [-0.25, -0.2) is 0 Å². The van der Waals surface area contributed by atoms with Gasteiger partial charge >= 0.3 is 5.97 Å². The van der Waals surface area contributed by atoms with Crippen molar-refractivity contribution in [2.45, 2.75) is 90.8 Å². The summed E-state index contributed by atoms with van der Waals surface area (Å²) < 4.78 is 0. The van der Waals surface area contributed by atoms with Gasteiger partial charge in [0.2, 0.25) is 0 Å². The van der Waals surface area contributed by atoms with E-state index >= 15 is 0 Å². The molecule has 7 nitrogen and oxygen atoms in total. The van der Waals surface area contributed by atoms with Crippen molar-refractivity contribution in [2.75, 3.05) is 13.6 Å². The van der Waals surface area contributed by atoms with Crippen LogP contribution in [0.2, 0.25) is 0 Å². The van der Waals surface area contributed by atoms with Crippen molar-refractivity contribution in [3.63, 3.8) is 0 Å². The molecule has 34 heavy (non-hydrogen) atoms. The summed E-state index contributed by atoms with van der Waals surface area (Å²) in [5.74, 6) is 1.30. The second kappa shape index (κ2) is 10.2. The summed E-state index contributed by atoms with van der Waals surface area (Å²) in [5, 5.41) is 34.3. The number of likely N-dealkylation sites (N-methyl/N-ethyl adjacent to an activating group) is 1. The number of carbonyl (C=O) groups is 2. The lowest BCUT2D eigenvalue weighted by Crippen LogP contribution is -2.62. The van der Waals surface area contributed by atoms with Crippen LogP contribution in [0.5, 0.6) is 0 Å². The van der Waals surface area contributed by atoms with Gasteiger partial charge in [0.1, 0.15) is 5.78 Å². The number of Topliss-reactive ketones (excluding diaryl/α,β-unsaturated/α-hetero) is 1. The normalized spacial score (nSPS) is 46.4. The van der Waals surface area contributed by atoms with E-state index < -0.39 is 12.1 Å². The number of carboxylic acid groups (broad SMARTS) is 1. The molecular weight excluding hydrogens is 432 g/mol. The van der Waals surface area contributed by atoms with Gasteiger partial charge in [-0.1, -0.05) is 20.8 Å². The maximum absolute atomic E-state index is 13.2. The molecule has 0 spiro atoms. The molecule has 4 aliphatic carbocycles. The Morgan fingerprint density at radius 2 is 1.76 bits per heavy atom. The van der Waals surface area contributed by atoms with Gasteiger partial charge in [0.15, 0.2) is 0 Å². The molecule has 11 atom stereocenters. The molecule has 0 aromatic rings. The van der Waals surface area contributed by atoms with Gasteiger partial charge < -0.3 is 26.8 Å². The zero-order valence-electron chi connectivity index (χ0n) is 21.6. The lowest BCUT2D eigenvalue weighted by molar-refractivity contribution is -0.196. The highest BCUT2D eigenvalue weighted by Gasteiger charge is 2.65. The molecule has 4 aliphatic rings. The number of fused-ring (bicyclic) bond motifs is 5. The number of aliphatic hydroxyl groups excluding tert-OH is 2. The average molecular weight is 481 g/mol. The van der Waals surface area contributed by atoms with E-state index in [4.69, 9.17) is 0 Å². The van der Waals surface area contributed by atoms with Crippen LogP contribution in [0.3, 0.4) is 0 Å². The van der Waals surface area contributed by atoms with E-state index in [0.29, 0.717) is 49.5 Å². The van der Waals surface area contributed by atoms with Crippen LogP contribution in [-0.2, 0) is 9.59 Å². The second-order valence-electron chi connectivity index (χ2n) is 12.5. The number of rotatable bonds is 7. The van der Waals surface area contributed by atoms with Crippen molar-refractivity contribution in [1.29, 1.82) is 0 Å². The summed E-state index contributed by atoms with van der Waals surface area (Å²) in [6, 6.07) is 0. The average Bonchev–Trinajstić information content (AvgIpc) is 3.10. The molecule has 4 fully saturated rings. The summed E-state index contributed by atoms with van der Waals surface area (Å²) in [7, 11) is 1.81. The monoisotopic (exact) mass is 480 g/mol. The van der Waals surface area contributed by atoms with Crippen LogP contribution >= 0.6 is 0 Å². The van der Waals surface area contributed by atoms with Gasteiger partial charge in [0.25, 0.3) is 0 Å². The Morgan fingerprint density at radius 3 is 2.41 bits per heavy atom. The summed E-state index contributed by atoms with van der Waals surface area (Å²) in [4.78, 5) is 24.4. The van der Waals surface area contributed by atoms with Gasteiger partial charge in [-0.3, -0.25) is 9.59 Å². The fraction of sp³-hybridized carbons (Fsp3) is 0.926. The van der Waals surface area contributed by atoms with E-state index in [1.165, 1.54) is 0 Å². The van der Waals surface area contributed by atoms with Crippen LogP contribution in [-0.4, -0.2) is 52.9 Å². The summed E-state index contributed by atoms with van der Waals surface area (Å²) in [6.07, 6.45) is 6.34. The zero-order valence-corrected chi connectivity index (χ0v) is 21.6. The molecule has 7 heteroatoms. The van der Waals surface area contributed by atoms with Gasteiger partial charge in [-0.2, -0.15) is 0 Å². The van der Waals surface area contributed by atoms with Crippen LogP contribution in [0, 0.1) is 52.3 Å². The molecule has 0 amide bonds. The Labute approximate surface area is 205 Å². The molecule has 5 unspecified atom stereocenters. The predicted octanol–water partition coefficient (Wildman–Crippen LogP) is 3.65. The van der Waals surface area contributed by atoms with Crippen molar-refractivity contribution in [3.05, 3.63) is 0 Å². The van der Waals surface area contributed by atoms with E-state index in [1.54, 1.807) is 7.05 Å². The highest BCUT2D eigenvalue weighted by molar-refractivity contribution is 5.84. The smallest absolute Gasteiger partial charge is 0.303 e. The van der Waals surface area contributed by atoms with Crippen molar-refractivity contribution in [1.82, 2.24) is 11.5 Å². The van der Waals surface area contributed by atoms with E-state index in [-0.39, 0.29) is 53.0 Å². The van der Waals surface area contributed by atoms with Crippen molar-refractivity contribution >= 4 is 11.8 Å². The zero-order chi connectivity index (χ0) is 24.1. The first-order valence-electron chi connectivity index (χ1n) is 13.3. The maximum Gasteiger partial charge on any atom is 0.303 e. The van der Waals surface area contributed by atoms with Gasteiger partial charge in [-0.15, -0.1) is 0 Å². The molecule has 7 N–H and O–H groups in total. The number of hydrogen-bond acceptors (Lipinski definition) is 6. The lowest BCUT2D eigenvalue weighted by Gasteiger charge is -2.64. The third-order valence-corrected chi connectivity index (χ3v) is 11.1. The van der Waals surface area contributed by atoms with Crippen molar-refractivity contribution in [3.8, 4) is 0 Å². The highest BCUT2D eigenvalue weighted by atomic mass is 16.4. The Balaban J connectivity index is 0.00000324. The molecular formula is C27H48N2O5. The molecule has 196 valence electrons. The van der Waals surface area contributed by atoms with Crippen LogP contribution in [0.1, 0.15) is 78.6 Å². The number of hydrogen-bond donors (Lipinski definition) is 5. The molecule has 0 bridgehead atoms. The predicted molar refractivity (Wildman–Crippen MR) is 131 cm³/mol. The number of ketones is 1. The van der Waals surface area contributed by atoms with E-state index in [1.807, 2.05) is 0 Å². The van der Waals surface area contributed by atoms with E-state index in [0.717, 1.165) is 32.1 Å².